The fourth-order valence-corrected chi connectivity index (χ4v) is 2.52. The highest BCUT2D eigenvalue weighted by Crippen LogP contribution is 2.34. The van der Waals surface area contributed by atoms with Gasteiger partial charge in [-0.1, -0.05) is 5.92 Å². The van der Waals surface area contributed by atoms with Crippen molar-refractivity contribution in [2.75, 3.05) is 12.3 Å². The summed E-state index contributed by atoms with van der Waals surface area (Å²) in [6.45, 7) is -0.410. The van der Waals surface area contributed by atoms with Gasteiger partial charge in [0.25, 0.3) is 0 Å². The van der Waals surface area contributed by atoms with Crippen LogP contribution in [-0.2, 0) is 4.74 Å². The van der Waals surface area contributed by atoms with Crippen molar-refractivity contribution < 1.29 is 20.1 Å². The summed E-state index contributed by atoms with van der Waals surface area (Å²) in [6.07, 6.45) is 4.05. The zero-order valence-corrected chi connectivity index (χ0v) is 10.9. The Morgan fingerprint density at radius 2 is 2.14 bits per heavy atom. The highest BCUT2D eigenvalue weighted by Gasteiger charge is 2.44. The van der Waals surface area contributed by atoms with Gasteiger partial charge in [0.1, 0.15) is 36.1 Å². The fourth-order valence-electron chi connectivity index (χ4n) is 2.52. The van der Waals surface area contributed by atoms with Crippen molar-refractivity contribution in [2.24, 2.45) is 0 Å². The second-order valence-corrected chi connectivity index (χ2v) is 4.78. The molecule has 110 valence electrons. The Morgan fingerprint density at radius 1 is 1.38 bits per heavy atom. The second kappa shape index (κ2) is 4.98. The van der Waals surface area contributed by atoms with Crippen molar-refractivity contribution in [2.45, 2.75) is 24.5 Å². The van der Waals surface area contributed by atoms with E-state index < -0.39 is 31.1 Å². The number of rotatable bonds is 2. The quantitative estimate of drug-likeness (QED) is 0.501. The first-order chi connectivity index (χ1) is 10.1. The van der Waals surface area contributed by atoms with Crippen molar-refractivity contribution in [3.63, 3.8) is 0 Å². The molecule has 21 heavy (non-hydrogen) atoms. The molecule has 0 saturated carbocycles. The van der Waals surface area contributed by atoms with E-state index in [0.29, 0.717) is 16.6 Å². The Labute approximate surface area is 119 Å². The van der Waals surface area contributed by atoms with Crippen LogP contribution in [-0.4, -0.2) is 54.8 Å². The topological polar surface area (TPSA) is 127 Å². The normalized spacial score (nSPS) is 28.9. The molecule has 0 spiro atoms. The van der Waals surface area contributed by atoms with Crippen molar-refractivity contribution >= 4 is 16.9 Å². The molecule has 3 heterocycles. The molecule has 2 aromatic heterocycles. The maximum Gasteiger partial charge on any atom is 0.164 e. The van der Waals surface area contributed by atoms with Gasteiger partial charge >= 0.3 is 0 Å². The number of terminal acetylenes is 1. The molecule has 1 aliphatic rings. The molecular formula is C13H14N4O4. The van der Waals surface area contributed by atoms with Crippen LogP contribution >= 0.6 is 0 Å². The summed E-state index contributed by atoms with van der Waals surface area (Å²) in [6, 6.07) is 0. The van der Waals surface area contributed by atoms with E-state index >= 15 is 0 Å². The van der Waals surface area contributed by atoms with Gasteiger partial charge < -0.3 is 30.4 Å². The van der Waals surface area contributed by atoms with Crippen molar-refractivity contribution in [3.8, 4) is 12.3 Å². The van der Waals surface area contributed by atoms with E-state index in [0.717, 1.165) is 0 Å². The van der Waals surface area contributed by atoms with Gasteiger partial charge in [-0.3, -0.25) is 0 Å². The number of anilines is 1. The summed E-state index contributed by atoms with van der Waals surface area (Å²) in [5.41, 5.74) is 6.66. The third-order valence-corrected chi connectivity index (χ3v) is 3.59. The standard InChI is InChI=1S/C13H14N4O4/c1-2-6-3-17(12-8(6)11(14)15-5-16-12)13-10(20)9(19)7(4-18)21-13/h1,3,5,7,9-10,13,18-20H,4H2,(H2,14,15,16)/t7-,9?,10+,13-/m1/s1. The lowest BCUT2D eigenvalue weighted by Gasteiger charge is -2.17. The molecule has 3 rings (SSSR count). The predicted molar refractivity (Wildman–Crippen MR) is 72.9 cm³/mol. The van der Waals surface area contributed by atoms with Crippen LogP contribution in [0, 0.1) is 12.3 Å². The van der Waals surface area contributed by atoms with Gasteiger partial charge in [0, 0.05) is 6.20 Å². The van der Waals surface area contributed by atoms with Crippen LogP contribution in [0.25, 0.3) is 11.0 Å². The molecule has 4 atom stereocenters. The Morgan fingerprint density at radius 3 is 2.76 bits per heavy atom. The zero-order chi connectivity index (χ0) is 15.1. The van der Waals surface area contributed by atoms with Crippen LogP contribution in [0.5, 0.6) is 0 Å². The Balaban J connectivity index is 2.14. The van der Waals surface area contributed by atoms with E-state index in [1.807, 2.05) is 0 Å². The number of ether oxygens (including phenoxy) is 1. The van der Waals surface area contributed by atoms with Gasteiger partial charge in [0.05, 0.1) is 17.6 Å². The number of hydrogen-bond donors (Lipinski definition) is 4. The molecule has 1 aliphatic heterocycles. The summed E-state index contributed by atoms with van der Waals surface area (Å²) >= 11 is 0. The molecular weight excluding hydrogens is 276 g/mol. The summed E-state index contributed by atoms with van der Waals surface area (Å²) < 4.78 is 6.96. The number of aliphatic hydroxyl groups is 3. The number of hydrogen-bond acceptors (Lipinski definition) is 7. The second-order valence-electron chi connectivity index (χ2n) is 4.78. The fraction of sp³-hybridized carbons (Fsp3) is 0.385. The summed E-state index contributed by atoms with van der Waals surface area (Å²) in [5, 5.41) is 29.6. The lowest BCUT2D eigenvalue weighted by Crippen LogP contribution is -2.33. The molecule has 1 saturated heterocycles. The van der Waals surface area contributed by atoms with Crippen LogP contribution in [0.4, 0.5) is 5.82 Å². The van der Waals surface area contributed by atoms with E-state index in [-0.39, 0.29) is 5.82 Å². The van der Waals surface area contributed by atoms with Gasteiger partial charge in [-0.25, -0.2) is 9.97 Å². The van der Waals surface area contributed by atoms with Gasteiger partial charge in [0.2, 0.25) is 0 Å². The first-order valence-corrected chi connectivity index (χ1v) is 6.28. The molecule has 1 fully saturated rings. The molecule has 0 amide bonds. The lowest BCUT2D eigenvalue weighted by molar-refractivity contribution is -0.0508. The average Bonchev–Trinajstić information content (AvgIpc) is 2.99. The number of nitrogens with zero attached hydrogens (tertiary/aromatic N) is 3. The Kier molecular flexibility index (Phi) is 3.27. The molecule has 0 radical (unpaired) electrons. The lowest BCUT2D eigenvalue weighted by atomic mass is 10.1. The number of aliphatic hydroxyl groups excluding tert-OH is 3. The van der Waals surface area contributed by atoms with Gasteiger partial charge in [0.15, 0.2) is 6.23 Å². The van der Waals surface area contributed by atoms with E-state index in [1.54, 1.807) is 6.20 Å². The molecule has 8 nitrogen and oxygen atoms in total. The number of aromatic nitrogens is 3. The van der Waals surface area contributed by atoms with E-state index in [9.17, 15) is 10.2 Å². The first kappa shape index (κ1) is 13.8. The summed E-state index contributed by atoms with van der Waals surface area (Å²) in [4.78, 5) is 7.99. The monoisotopic (exact) mass is 290 g/mol. The minimum Gasteiger partial charge on any atom is -0.394 e. The maximum atomic E-state index is 10.1. The van der Waals surface area contributed by atoms with Gasteiger partial charge in [-0.05, 0) is 0 Å². The minimum absolute atomic E-state index is 0.221. The molecule has 8 heteroatoms. The highest BCUT2D eigenvalue weighted by molar-refractivity contribution is 5.92. The third kappa shape index (κ3) is 1.95. The molecule has 2 aromatic rings. The average molecular weight is 290 g/mol. The molecule has 0 aromatic carbocycles. The Hall–Kier alpha value is -2.18. The van der Waals surface area contributed by atoms with E-state index in [1.165, 1.54) is 10.9 Å². The van der Waals surface area contributed by atoms with Crippen LogP contribution in [0.15, 0.2) is 12.5 Å². The zero-order valence-electron chi connectivity index (χ0n) is 10.9. The Bertz CT molecular complexity index is 723. The van der Waals surface area contributed by atoms with Crippen LogP contribution in [0.2, 0.25) is 0 Å². The SMILES string of the molecule is C#Cc1cn([C@@H]2O[C@H](CO)C(O)[C@@H]2O)c2ncnc(N)c12. The van der Waals surface area contributed by atoms with Crippen molar-refractivity contribution in [1.82, 2.24) is 14.5 Å². The third-order valence-electron chi connectivity index (χ3n) is 3.59. The maximum absolute atomic E-state index is 10.1. The highest BCUT2D eigenvalue weighted by atomic mass is 16.6. The van der Waals surface area contributed by atoms with Gasteiger partial charge in [-0.2, -0.15) is 0 Å². The van der Waals surface area contributed by atoms with Crippen LogP contribution in [0.1, 0.15) is 11.8 Å². The van der Waals surface area contributed by atoms with Crippen LogP contribution < -0.4 is 5.73 Å². The molecule has 0 aliphatic carbocycles. The van der Waals surface area contributed by atoms with E-state index in [4.69, 9.17) is 22.0 Å². The number of fused-ring (bicyclic) bond motifs is 1. The van der Waals surface area contributed by atoms with Crippen LogP contribution in [0.3, 0.4) is 0 Å². The molecule has 0 bridgehead atoms. The first-order valence-electron chi connectivity index (χ1n) is 6.28. The molecule has 5 N–H and O–H groups in total. The number of nitrogens with two attached hydrogens (primary N) is 1. The summed E-state index contributed by atoms with van der Waals surface area (Å²) in [7, 11) is 0. The summed E-state index contributed by atoms with van der Waals surface area (Å²) in [5.74, 6) is 2.70. The largest absolute Gasteiger partial charge is 0.394 e. The number of nitrogen functional groups attached to an aromatic ring is 1. The van der Waals surface area contributed by atoms with Gasteiger partial charge in [-0.15, -0.1) is 6.42 Å². The predicted octanol–water partition coefficient (Wildman–Crippen LogP) is -1.39. The smallest absolute Gasteiger partial charge is 0.164 e. The van der Waals surface area contributed by atoms with Crippen molar-refractivity contribution in [1.29, 1.82) is 0 Å². The van der Waals surface area contributed by atoms with Crippen molar-refractivity contribution in [3.05, 3.63) is 18.1 Å². The molecule has 1 unspecified atom stereocenters. The van der Waals surface area contributed by atoms with E-state index in [2.05, 4.69) is 15.9 Å². The minimum atomic E-state index is -1.22.